The maximum absolute atomic E-state index is 14.7. The van der Waals surface area contributed by atoms with Gasteiger partial charge in [-0.05, 0) is 19.2 Å². The van der Waals surface area contributed by atoms with Gasteiger partial charge in [-0.2, -0.15) is 0 Å². The number of hydrogen-bond acceptors (Lipinski definition) is 5. The average molecular weight is 367 g/mol. The Morgan fingerprint density at radius 1 is 1.27 bits per heavy atom. The summed E-state index contributed by atoms with van der Waals surface area (Å²) in [6, 6.07) is 2.58. The number of alkyl halides is 1. The lowest BCUT2D eigenvalue weighted by Crippen LogP contribution is -2.44. The molecule has 1 aromatic carbocycles. The maximum Gasteiger partial charge on any atom is 0.511 e. The van der Waals surface area contributed by atoms with Crippen molar-refractivity contribution < 1.29 is 23.4 Å². The summed E-state index contributed by atoms with van der Waals surface area (Å²) in [5.74, 6) is -1.07. The number of aromatic nitrogens is 1. The van der Waals surface area contributed by atoms with Gasteiger partial charge in [-0.15, -0.1) is 0 Å². The molecule has 2 heterocycles. The van der Waals surface area contributed by atoms with Crippen LogP contribution in [0.5, 0.6) is 5.75 Å². The van der Waals surface area contributed by atoms with Gasteiger partial charge in [0.1, 0.15) is 12.5 Å². The number of nitrogens with zero attached hydrogens (tertiary/aromatic N) is 3. The fourth-order valence-electron chi connectivity index (χ4n) is 3.11. The zero-order valence-corrected chi connectivity index (χ0v) is 14.2. The minimum Gasteiger partial charge on any atom is -0.449 e. The monoisotopic (exact) mass is 367 g/mol. The fraction of sp³-hybridized carbons (Fsp3) is 0.412. The van der Waals surface area contributed by atoms with E-state index in [1.165, 1.54) is 10.6 Å². The zero-order valence-electron chi connectivity index (χ0n) is 14.2. The summed E-state index contributed by atoms with van der Waals surface area (Å²) >= 11 is 0. The van der Waals surface area contributed by atoms with Gasteiger partial charge < -0.3 is 24.2 Å². The number of carbonyl (C=O) groups is 1. The minimum atomic E-state index is -1.66. The Morgan fingerprint density at radius 3 is 2.58 bits per heavy atom. The molecule has 2 aromatic rings. The van der Waals surface area contributed by atoms with E-state index in [9.17, 15) is 18.4 Å². The first-order valence-corrected chi connectivity index (χ1v) is 8.17. The molecule has 0 aliphatic carbocycles. The summed E-state index contributed by atoms with van der Waals surface area (Å²) in [4.78, 5) is 27.2. The van der Waals surface area contributed by atoms with Crippen molar-refractivity contribution in [3.63, 3.8) is 0 Å². The van der Waals surface area contributed by atoms with Crippen LogP contribution in [-0.2, 0) is 6.54 Å². The highest BCUT2D eigenvalue weighted by Crippen LogP contribution is 2.27. The van der Waals surface area contributed by atoms with Gasteiger partial charge in [0, 0.05) is 26.2 Å². The molecule has 0 bridgehead atoms. The highest BCUT2D eigenvalue weighted by molar-refractivity contribution is 5.85. The number of anilines is 1. The molecule has 9 heteroatoms. The van der Waals surface area contributed by atoms with Crippen LogP contribution in [0.2, 0.25) is 0 Å². The van der Waals surface area contributed by atoms with E-state index >= 15 is 0 Å². The van der Waals surface area contributed by atoms with Crippen LogP contribution in [0.25, 0.3) is 10.9 Å². The Kier molecular flexibility index (Phi) is 5.08. The van der Waals surface area contributed by atoms with Crippen molar-refractivity contribution in [3.05, 3.63) is 34.4 Å². The molecule has 0 atom stereocenters. The quantitative estimate of drug-likeness (QED) is 0.833. The molecule has 1 aromatic heterocycles. The van der Waals surface area contributed by atoms with Crippen LogP contribution < -0.4 is 15.1 Å². The third-order valence-electron chi connectivity index (χ3n) is 4.48. The molecule has 0 unspecified atom stereocenters. The highest BCUT2D eigenvalue weighted by atomic mass is 19.1. The van der Waals surface area contributed by atoms with E-state index < -0.39 is 29.8 Å². The molecule has 3 rings (SSSR count). The fourth-order valence-corrected chi connectivity index (χ4v) is 3.11. The third-order valence-corrected chi connectivity index (χ3v) is 4.48. The number of aryl methyl sites for hydroxylation is 1. The summed E-state index contributed by atoms with van der Waals surface area (Å²) in [6.45, 7) is 1.98. The van der Waals surface area contributed by atoms with E-state index in [4.69, 9.17) is 5.11 Å². The molecule has 1 N–H and O–H groups in total. The molecule has 0 amide bonds. The lowest BCUT2D eigenvalue weighted by atomic mass is 10.1. The summed E-state index contributed by atoms with van der Waals surface area (Å²) in [5.41, 5.74) is -0.0773. The Labute approximate surface area is 148 Å². The second-order valence-electron chi connectivity index (χ2n) is 6.18. The van der Waals surface area contributed by atoms with Gasteiger partial charge in [0.25, 0.3) is 0 Å². The first-order valence-electron chi connectivity index (χ1n) is 8.17. The van der Waals surface area contributed by atoms with Crippen LogP contribution in [0.3, 0.4) is 0 Å². The van der Waals surface area contributed by atoms with Crippen molar-refractivity contribution in [2.45, 2.75) is 6.54 Å². The molecule has 26 heavy (non-hydrogen) atoms. The number of halogens is 2. The second kappa shape index (κ2) is 7.28. The van der Waals surface area contributed by atoms with E-state index in [0.717, 1.165) is 25.4 Å². The van der Waals surface area contributed by atoms with Crippen LogP contribution in [0.4, 0.5) is 19.3 Å². The average Bonchev–Trinajstić information content (AvgIpc) is 2.59. The summed E-state index contributed by atoms with van der Waals surface area (Å²) in [7, 11) is 1.98. The lowest BCUT2D eigenvalue weighted by molar-refractivity contribution is 0.143. The first-order chi connectivity index (χ1) is 12.4. The van der Waals surface area contributed by atoms with Gasteiger partial charge in [-0.1, -0.05) is 0 Å². The first kappa shape index (κ1) is 18.1. The van der Waals surface area contributed by atoms with Crippen molar-refractivity contribution in [2.24, 2.45) is 0 Å². The van der Waals surface area contributed by atoms with Crippen molar-refractivity contribution in [2.75, 3.05) is 44.8 Å². The van der Waals surface area contributed by atoms with Crippen LogP contribution in [0, 0.1) is 5.82 Å². The topological polar surface area (TPSA) is 75.0 Å². The van der Waals surface area contributed by atoms with Gasteiger partial charge in [0.15, 0.2) is 5.75 Å². The Hall–Kier alpha value is -2.68. The maximum atomic E-state index is 14.7. The minimum absolute atomic E-state index is 0.0485. The van der Waals surface area contributed by atoms with E-state index in [0.29, 0.717) is 24.3 Å². The molecular weight excluding hydrogens is 348 g/mol. The summed E-state index contributed by atoms with van der Waals surface area (Å²) in [6.07, 6.45) is -0.521. The van der Waals surface area contributed by atoms with Crippen LogP contribution in [-0.4, -0.2) is 60.6 Å². The third kappa shape index (κ3) is 3.48. The number of piperazine rings is 1. The largest absolute Gasteiger partial charge is 0.511 e. The van der Waals surface area contributed by atoms with E-state index in [-0.39, 0.29) is 11.9 Å². The van der Waals surface area contributed by atoms with Gasteiger partial charge in [-0.25, -0.2) is 13.6 Å². The number of carboxylic acid groups (broad SMARTS) is 1. The molecule has 1 aliphatic heterocycles. The van der Waals surface area contributed by atoms with Gasteiger partial charge in [0.05, 0.1) is 29.3 Å². The van der Waals surface area contributed by atoms with Crippen LogP contribution >= 0.6 is 0 Å². The lowest BCUT2D eigenvalue weighted by Gasteiger charge is -2.34. The van der Waals surface area contributed by atoms with Crippen molar-refractivity contribution >= 4 is 22.7 Å². The van der Waals surface area contributed by atoms with Crippen molar-refractivity contribution in [1.29, 1.82) is 0 Å². The standard InChI is InChI=1S/C17H19F2N3O4/c1-20-4-6-21(7-5-20)14-9-13-11(8-12(14)19)16(23)15(26-17(24)25)10-22(13)3-2-18/h8-10H,2-7H2,1H3,(H,24,25). The molecule has 0 saturated carbocycles. The zero-order chi connectivity index (χ0) is 18.8. The molecular formula is C17H19F2N3O4. The molecule has 0 spiro atoms. The van der Waals surface area contributed by atoms with Gasteiger partial charge in [-0.3, -0.25) is 4.79 Å². The number of pyridine rings is 1. The highest BCUT2D eigenvalue weighted by Gasteiger charge is 2.21. The summed E-state index contributed by atoms with van der Waals surface area (Å²) < 4.78 is 33.4. The van der Waals surface area contributed by atoms with E-state index in [1.54, 1.807) is 0 Å². The molecule has 0 radical (unpaired) electrons. The van der Waals surface area contributed by atoms with Crippen LogP contribution in [0.15, 0.2) is 23.1 Å². The Bertz CT molecular complexity index is 892. The molecule has 1 aliphatic rings. The number of likely N-dealkylation sites (N-methyl/N-ethyl adjacent to an activating group) is 1. The Morgan fingerprint density at radius 2 is 1.96 bits per heavy atom. The number of ether oxygens (including phenoxy) is 1. The molecule has 140 valence electrons. The van der Waals surface area contributed by atoms with E-state index in [1.807, 2.05) is 11.9 Å². The van der Waals surface area contributed by atoms with Gasteiger partial charge in [0.2, 0.25) is 5.43 Å². The van der Waals surface area contributed by atoms with Crippen molar-refractivity contribution in [3.8, 4) is 5.75 Å². The van der Waals surface area contributed by atoms with E-state index in [2.05, 4.69) is 9.64 Å². The van der Waals surface area contributed by atoms with Crippen molar-refractivity contribution in [1.82, 2.24) is 9.47 Å². The smallest absolute Gasteiger partial charge is 0.449 e. The van der Waals surface area contributed by atoms with Gasteiger partial charge >= 0.3 is 6.16 Å². The number of hydrogen-bond donors (Lipinski definition) is 1. The molecule has 1 fully saturated rings. The summed E-state index contributed by atoms with van der Waals surface area (Å²) in [5, 5.41) is 8.70. The predicted molar refractivity (Wildman–Crippen MR) is 92.5 cm³/mol. The SMILES string of the molecule is CN1CCN(c2cc3c(cc2F)c(=O)c(OC(=O)O)cn3CCF)CC1. The predicted octanol–water partition coefficient (Wildman–Crippen LogP) is 1.92. The number of benzene rings is 1. The Balaban J connectivity index is 2.14. The van der Waals surface area contributed by atoms with Crippen LogP contribution in [0.1, 0.15) is 0 Å². The normalized spacial score (nSPS) is 15.4. The molecule has 1 saturated heterocycles. The number of fused-ring (bicyclic) bond motifs is 1. The number of rotatable bonds is 4. The molecule has 7 nitrogen and oxygen atoms in total. The second-order valence-corrected chi connectivity index (χ2v) is 6.18.